The average Bonchev–Trinajstić information content (AvgIpc) is 2.51. The molecule has 0 spiro atoms. The van der Waals surface area contributed by atoms with Crippen LogP contribution in [0.3, 0.4) is 0 Å². The van der Waals surface area contributed by atoms with Crippen molar-refractivity contribution in [3.8, 4) is 11.5 Å². The SMILES string of the molecule is CC(C)CC(=O)Oc1ccc(C(O)CNC(C)(C)C)cc1OC(=O)CC(C)C.Cl. The molecule has 0 fully saturated rings. The third-order valence-electron chi connectivity index (χ3n) is 3.78. The number of esters is 2. The van der Waals surface area contributed by atoms with Gasteiger partial charge in [-0.25, -0.2) is 0 Å². The number of halogens is 1. The largest absolute Gasteiger partial charge is 0.423 e. The summed E-state index contributed by atoms with van der Waals surface area (Å²) in [5, 5.41) is 13.7. The molecule has 0 heterocycles. The number of aliphatic hydroxyl groups is 1. The normalized spacial score (nSPS) is 12.5. The van der Waals surface area contributed by atoms with Crippen LogP contribution in [0.5, 0.6) is 11.5 Å². The van der Waals surface area contributed by atoms with Crippen molar-refractivity contribution in [1.29, 1.82) is 0 Å². The van der Waals surface area contributed by atoms with E-state index < -0.39 is 12.1 Å². The number of ether oxygens (including phenoxy) is 2. The number of aliphatic hydroxyl groups excluding tert-OH is 1. The number of carbonyl (C=O) groups is 2. The highest BCUT2D eigenvalue weighted by molar-refractivity contribution is 5.85. The molecule has 0 aliphatic carbocycles. The van der Waals surface area contributed by atoms with Gasteiger partial charge >= 0.3 is 11.9 Å². The number of nitrogens with one attached hydrogen (secondary N) is 1. The van der Waals surface area contributed by atoms with Gasteiger partial charge in [0.15, 0.2) is 11.5 Å². The van der Waals surface area contributed by atoms with Crippen molar-refractivity contribution in [2.75, 3.05) is 6.54 Å². The van der Waals surface area contributed by atoms with Crippen LogP contribution >= 0.6 is 12.4 Å². The van der Waals surface area contributed by atoms with Gasteiger partial charge < -0.3 is 19.9 Å². The zero-order valence-electron chi connectivity index (χ0n) is 18.6. The second-order valence-corrected chi connectivity index (χ2v) is 9.00. The molecule has 1 atom stereocenters. The Balaban J connectivity index is 0.00000784. The molecular weight excluding hydrogens is 394 g/mol. The van der Waals surface area contributed by atoms with E-state index in [2.05, 4.69) is 5.32 Å². The zero-order valence-corrected chi connectivity index (χ0v) is 19.4. The maximum absolute atomic E-state index is 12.1. The van der Waals surface area contributed by atoms with E-state index in [1.165, 1.54) is 0 Å². The van der Waals surface area contributed by atoms with Crippen LogP contribution in [-0.4, -0.2) is 29.1 Å². The number of rotatable bonds is 9. The van der Waals surface area contributed by atoms with Crippen LogP contribution in [0, 0.1) is 11.8 Å². The van der Waals surface area contributed by atoms with Gasteiger partial charge in [0.25, 0.3) is 0 Å². The van der Waals surface area contributed by atoms with E-state index in [0.717, 1.165) is 0 Å². The standard InChI is InChI=1S/C22H35NO5.ClH/c1-14(2)10-20(25)27-18-9-8-16(17(24)13-23-22(5,6)7)12-19(18)28-21(26)11-15(3)4;/h8-9,12,14-15,17,23-24H,10-11,13H2,1-7H3;1H. The minimum absolute atomic E-state index is 0. The Bertz CT molecular complexity index is 668. The smallest absolute Gasteiger partial charge is 0.311 e. The van der Waals surface area contributed by atoms with Gasteiger partial charge in [-0.05, 0) is 50.3 Å². The van der Waals surface area contributed by atoms with E-state index in [1.54, 1.807) is 18.2 Å². The van der Waals surface area contributed by atoms with Crippen LogP contribution in [0.2, 0.25) is 0 Å². The topological polar surface area (TPSA) is 84.9 Å². The Kier molecular flexibility index (Phi) is 11.5. The van der Waals surface area contributed by atoms with Crippen LogP contribution in [0.25, 0.3) is 0 Å². The summed E-state index contributed by atoms with van der Waals surface area (Å²) in [6, 6.07) is 4.80. The van der Waals surface area contributed by atoms with E-state index in [0.29, 0.717) is 12.1 Å². The molecule has 0 amide bonds. The van der Waals surface area contributed by atoms with Crippen LogP contribution < -0.4 is 14.8 Å². The van der Waals surface area contributed by atoms with Crippen molar-refractivity contribution < 1.29 is 24.2 Å². The lowest BCUT2D eigenvalue weighted by Gasteiger charge is -2.23. The molecule has 0 saturated carbocycles. The second kappa shape index (κ2) is 12.2. The molecular formula is C22H36ClNO5. The molecule has 1 aromatic carbocycles. The van der Waals surface area contributed by atoms with Gasteiger partial charge in [0, 0.05) is 24.9 Å². The third-order valence-corrected chi connectivity index (χ3v) is 3.78. The van der Waals surface area contributed by atoms with Gasteiger partial charge in [-0.1, -0.05) is 33.8 Å². The lowest BCUT2D eigenvalue weighted by molar-refractivity contribution is -0.138. The number of carbonyl (C=O) groups excluding carboxylic acids is 2. The first kappa shape index (κ1) is 27.4. The van der Waals surface area contributed by atoms with E-state index in [9.17, 15) is 14.7 Å². The predicted molar refractivity (Wildman–Crippen MR) is 117 cm³/mol. The Morgan fingerprint density at radius 1 is 0.966 bits per heavy atom. The average molecular weight is 430 g/mol. The lowest BCUT2D eigenvalue weighted by atomic mass is 10.1. The molecule has 0 radical (unpaired) electrons. The maximum atomic E-state index is 12.1. The highest BCUT2D eigenvalue weighted by Gasteiger charge is 2.19. The Hall–Kier alpha value is -1.63. The van der Waals surface area contributed by atoms with Gasteiger partial charge in [-0.15, -0.1) is 12.4 Å². The fourth-order valence-electron chi connectivity index (χ4n) is 2.41. The van der Waals surface area contributed by atoms with Crippen molar-refractivity contribution in [3.05, 3.63) is 23.8 Å². The van der Waals surface area contributed by atoms with E-state index in [-0.39, 0.29) is 60.1 Å². The van der Waals surface area contributed by atoms with Crippen LogP contribution in [0.4, 0.5) is 0 Å². The van der Waals surface area contributed by atoms with Crippen molar-refractivity contribution in [1.82, 2.24) is 5.32 Å². The summed E-state index contributed by atoms with van der Waals surface area (Å²) in [7, 11) is 0. The Morgan fingerprint density at radius 2 is 1.45 bits per heavy atom. The summed E-state index contributed by atoms with van der Waals surface area (Å²) < 4.78 is 10.8. The molecule has 1 rings (SSSR count). The monoisotopic (exact) mass is 429 g/mol. The van der Waals surface area contributed by atoms with Crippen molar-refractivity contribution >= 4 is 24.3 Å². The van der Waals surface area contributed by atoms with Gasteiger partial charge in [0.2, 0.25) is 0 Å². The summed E-state index contributed by atoms with van der Waals surface area (Å²) in [4.78, 5) is 24.2. The van der Waals surface area contributed by atoms with Gasteiger partial charge in [0.05, 0.1) is 6.10 Å². The van der Waals surface area contributed by atoms with Crippen molar-refractivity contribution in [3.63, 3.8) is 0 Å². The number of hydrogen-bond donors (Lipinski definition) is 2. The summed E-state index contributed by atoms with van der Waals surface area (Å²) in [5.41, 5.74) is 0.438. The van der Waals surface area contributed by atoms with E-state index in [1.807, 2.05) is 48.5 Å². The van der Waals surface area contributed by atoms with Crippen LogP contribution in [0.1, 0.15) is 73.0 Å². The minimum Gasteiger partial charge on any atom is -0.423 e. The molecule has 29 heavy (non-hydrogen) atoms. The highest BCUT2D eigenvalue weighted by atomic mass is 35.5. The molecule has 7 heteroatoms. The molecule has 0 saturated heterocycles. The fraction of sp³-hybridized carbons (Fsp3) is 0.636. The predicted octanol–water partition coefficient (Wildman–Crippen LogP) is 4.43. The molecule has 0 aliphatic heterocycles. The first-order valence-electron chi connectivity index (χ1n) is 9.85. The first-order valence-corrected chi connectivity index (χ1v) is 9.85. The first-order chi connectivity index (χ1) is 12.9. The molecule has 2 N–H and O–H groups in total. The molecule has 0 bridgehead atoms. The quantitative estimate of drug-likeness (QED) is 0.446. The zero-order chi connectivity index (χ0) is 21.5. The molecule has 6 nitrogen and oxygen atoms in total. The summed E-state index contributed by atoms with van der Waals surface area (Å²) in [6.07, 6.45) is -0.279. The fourth-order valence-corrected chi connectivity index (χ4v) is 2.41. The molecule has 0 aliphatic rings. The molecule has 166 valence electrons. The molecule has 1 unspecified atom stereocenters. The van der Waals surface area contributed by atoms with Crippen LogP contribution in [0.15, 0.2) is 18.2 Å². The summed E-state index contributed by atoms with van der Waals surface area (Å²) in [5.74, 6) is -0.166. The van der Waals surface area contributed by atoms with E-state index in [4.69, 9.17) is 9.47 Å². The summed E-state index contributed by atoms with van der Waals surface area (Å²) >= 11 is 0. The lowest BCUT2D eigenvalue weighted by Crippen LogP contribution is -2.38. The third kappa shape index (κ3) is 11.2. The van der Waals surface area contributed by atoms with Crippen molar-refractivity contribution in [2.45, 2.75) is 73.0 Å². The van der Waals surface area contributed by atoms with Gasteiger partial charge in [-0.3, -0.25) is 9.59 Å². The number of benzene rings is 1. The Morgan fingerprint density at radius 3 is 1.90 bits per heavy atom. The van der Waals surface area contributed by atoms with Crippen molar-refractivity contribution in [2.24, 2.45) is 11.8 Å². The van der Waals surface area contributed by atoms with E-state index >= 15 is 0 Å². The van der Waals surface area contributed by atoms with Crippen LogP contribution in [-0.2, 0) is 9.59 Å². The number of β-amino-alcohol motifs (C(OH)–C–C–N with tert-alkyl or cyclic N) is 1. The Labute approximate surface area is 180 Å². The van der Waals surface area contributed by atoms with Gasteiger partial charge in [0.1, 0.15) is 0 Å². The maximum Gasteiger partial charge on any atom is 0.311 e. The molecule has 1 aromatic rings. The second-order valence-electron chi connectivity index (χ2n) is 9.00. The van der Waals surface area contributed by atoms with Gasteiger partial charge in [-0.2, -0.15) is 0 Å². The minimum atomic E-state index is -0.790. The highest BCUT2D eigenvalue weighted by Crippen LogP contribution is 2.32. The number of hydrogen-bond acceptors (Lipinski definition) is 6. The molecule has 0 aromatic heterocycles. The summed E-state index contributed by atoms with van der Waals surface area (Å²) in [6.45, 7) is 14.1.